The fraction of sp³-hybridized carbons (Fsp3) is 0.182. The van der Waals surface area contributed by atoms with Crippen molar-refractivity contribution in [1.29, 1.82) is 0 Å². The molecule has 0 aliphatic rings. The van der Waals surface area contributed by atoms with Crippen molar-refractivity contribution in [3.8, 4) is 0 Å². The number of rotatable bonds is 2. The number of non-ortho nitro benzene ring substituents is 1. The molecular weight excluding hydrogens is 228 g/mol. The SMILES string of the molecule is CCc1cc2c([N+](=O)[O-])cccc2nc1Cl. The Labute approximate surface area is 97.0 Å². The standard InChI is InChI=1S/C11H9ClN2O2/c1-2-7-6-8-9(13-11(7)12)4-3-5-10(8)14(15)16/h3-6H,2H2,1H3. The molecule has 82 valence electrons. The van der Waals surface area contributed by atoms with E-state index in [-0.39, 0.29) is 5.69 Å². The molecule has 0 atom stereocenters. The fourth-order valence-electron chi connectivity index (χ4n) is 1.61. The van der Waals surface area contributed by atoms with Crippen LogP contribution < -0.4 is 0 Å². The first-order chi connectivity index (χ1) is 7.63. The average molecular weight is 237 g/mol. The molecule has 0 aliphatic carbocycles. The number of nitrogens with zero attached hydrogens (tertiary/aromatic N) is 2. The lowest BCUT2D eigenvalue weighted by Crippen LogP contribution is -1.93. The minimum absolute atomic E-state index is 0.0661. The van der Waals surface area contributed by atoms with Gasteiger partial charge in [0.15, 0.2) is 0 Å². The van der Waals surface area contributed by atoms with Gasteiger partial charge in [0.1, 0.15) is 5.15 Å². The summed E-state index contributed by atoms with van der Waals surface area (Å²) in [7, 11) is 0. The molecule has 0 saturated heterocycles. The van der Waals surface area contributed by atoms with Gasteiger partial charge < -0.3 is 0 Å². The van der Waals surface area contributed by atoms with Gasteiger partial charge in [0.2, 0.25) is 0 Å². The van der Waals surface area contributed by atoms with E-state index >= 15 is 0 Å². The predicted octanol–water partition coefficient (Wildman–Crippen LogP) is 3.36. The second-order valence-corrected chi connectivity index (χ2v) is 3.75. The van der Waals surface area contributed by atoms with E-state index in [0.717, 1.165) is 5.56 Å². The second kappa shape index (κ2) is 4.06. The number of pyridine rings is 1. The zero-order valence-corrected chi connectivity index (χ0v) is 9.36. The van der Waals surface area contributed by atoms with Gasteiger partial charge in [-0.3, -0.25) is 10.1 Å². The molecule has 0 radical (unpaired) electrons. The van der Waals surface area contributed by atoms with Gasteiger partial charge in [0.05, 0.1) is 15.8 Å². The molecule has 1 heterocycles. The third-order valence-electron chi connectivity index (χ3n) is 2.44. The van der Waals surface area contributed by atoms with Gasteiger partial charge in [0, 0.05) is 6.07 Å². The summed E-state index contributed by atoms with van der Waals surface area (Å²) >= 11 is 5.95. The Balaban J connectivity index is 2.81. The Morgan fingerprint density at radius 3 is 2.88 bits per heavy atom. The van der Waals surface area contributed by atoms with Crippen molar-refractivity contribution in [2.75, 3.05) is 0 Å². The highest BCUT2D eigenvalue weighted by atomic mass is 35.5. The maximum Gasteiger partial charge on any atom is 0.278 e. The molecule has 16 heavy (non-hydrogen) atoms. The first kappa shape index (κ1) is 10.8. The van der Waals surface area contributed by atoms with Crippen LogP contribution in [0.3, 0.4) is 0 Å². The van der Waals surface area contributed by atoms with Crippen molar-refractivity contribution in [3.63, 3.8) is 0 Å². The summed E-state index contributed by atoms with van der Waals surface area (Å²) in [5.74, 6) is 0. The smallest absolute Gasteiger partial charge is 0.258 e. The van der Waals surface area contributed by atoms with E-state index in [0.29, 0.717) is 22.5 Å². The zero-order valence-electron chi connectivity index (χ0n) is 8.61. The van der Waals surface area contributed by atoms with Crippen LogP contribution in [-0.2, 0) is 6.42 Å². The van der Waals surface area contributed by atoms with Crippen LogP contribution in [-0.4, -0.2) is 9.91 Å². The topological polar surface area (TPSA) is 56.0 Å². The molecule has 0 saturated carbocycles. The van der Waals surface area contributed by atoms with Crippen molar-refractivity contribution < 1.29 is 4.92 Å². The summed E-state index contributed by atoms with van der Waals surface area (Å²) in [6.07, 6.45) is 0.702. The summed E-state index contributed by atoms with van der Waals surface area (Å²) in [6.45, 7) is 1.93. The van der Waals surface area contributed by atoms with E-state index in [1.165, 1.54) is 6.07 Å². The Morgan fingerprint density at radius 2 is 2.25 bits per heavy atom. The molecule has 0 N–H and O–H groups in total. The largest absolute Gasteiger partial charge is 0.278 e. The lowest BCUT2D eigenvalue weighted by molar-refractivity contribution is -0.383. The van der Waals surface area contributed by atoms with Crippen LogP contribution in [0, 0.1) is 10.1 Å². The number of hydrogen-bond acceptors (Lipinski definition) is 3. The highest BCUT2D eigenvalue weighted by molar-refractivity contribution is 6.30. The minimum Gasteiger partial charge on any atom is -0.258 e. The molecule has 0 spiro atoms. The van der Waals surface area contributed by atoms with Crippen molar-refractivity contribution in [3.05, 3.63) is 45.1 Å². The van der Waals surface area contributed by atoms with Crippen molar-refractivity contribution in [1.82, 2.24) is 4.98 Å². The molecule has 0 amide bonds. The van der Waals surface area contributed by atoms with Gasteiger partial charge in [-0.05, 0) is 24.1 Å². The molecule has 0 fully saturated rings. The van der Waals surface area contributed by atoms with Crippen molar-refractivity contribution >= 4 is 28.2 Å². The van der Waals surface area contributed by atoms with Crippen LogP contribution in [0.1, 0.15) is 12.5 Å². The molecule has 1 aromatic carbocycles. The van der Waals surface area contributed by atoms with Gasteiger partial charge in [0.25, 0.3) is 5.69 Å². The maximum absolute atomic E-state index is 10.8. The van der Waals surface area contributed by atoms with Gasteiger partial charge in [-0.2, -0.15) is 0 Å². The molecule has 0 unspecified atom stereocenters. The van der Waals surface area contributed by atoms with Crippen molar-refractivity contribution in [2.45, 2.75) is 13.3 Å². The Hall–Kier alpha value is -1.68. The van der Waals surface area contributed by atoms with Gasteiger partial charge >= 0.3 is 0 Å². The number of halogens is 1. The Kier molecular flexibility index (Phi) is 2.75. The quantitative estimate of drug-likeness (QED) is 0.456. The summed E-state index contributed by atoms with van der Waals surface area (Å²) in [5.41, 5.74) is 1.44. The van der Waals surface area contributed by atoms with Crippen LogP contribution in [0.2, 0.25) is 5.15 Å². The lowest BCUT2D eigenvalue weighted by Gasteiger charge is -2.03. The summed E-state index contributed by atoms with van der Waals surface area (Å²) in [4.78, 5) is 14.6. The molecular formula is C11H9ClN2O2. The molecule has 4 nitrogen and oxygen atoms in total. The summed E-state index contributed by atoms with van der Waals surface area (Å²) in [5, 5.41) is 11.8. The first-order valence-corrected chi connectivity index (χ1v) is 5.23. The van der Waals surface area contributed by atoms with Gasteiger partial charge in [-0.15, -0.1) is 0 Å². The number of hydrogen-bond donors (Lipinski definition) is 0. The Morgan fingerprint density at radius 1 is 1.50 bits per heavy atom. The molecule has 0 bridgehead atoms. The zero-order chi connectivity index (χ0) is 11.7. The molecule has 0 aliphatic heterocycles. The first-order valence-electron chi connectivity index (χ1n) is 4.86. The van der Waals surface area contributed by atoms with E-state index in [4.69, 9.17) is 11.6 Å². The van der Waals surface area contributed by atoms with Gasteiger partial charge in [-0.1, -0.05) is 24.6 Å². The third-order valence-corrected chi connectivity index (χ3v) is 2.77. The number of aromatic nitrogens is 1. The molecule has 1 aromatic heterocycles. The van der Waals surface area contributed by atoms with Crippen LogP contribution in [0.15, 0.2) is 24.3 Å². The second-order valence-electron chi connectivity index (χ2n) is 3.39. The van der Waals surface area contributed by atoms with Crippen LogP contribution in [0.4, 0.5) is 5.69 Å². The van der Waals surface area contributed by atoms with Gasteiger partial charge in [-0.25, -0.2) is 4.98 Å². The predicted molar refractivity (Wildman–Crippen MR) is 62.8 cm³/mol. The lowest BCUT2D eigenvalue weighted by atomic mass is 10.1. The number of fused-ring (bicyclic) bond motifs is 1. The third kappa shape index (κ3) is 1.72. The monoisotopic (exact) mass is 236 g/mol. The van der Waals surface area contributed by atoms with E-state index in [9.17, 15) is 10.1 Å². The number of benzene rings is 1. The summed E-state index contributed by atoms with van der Waals surface area (Å²) < 4.78 is 0. The summed E-state index contributed by atoms with van der Waals surface area (Å²) in [6, 6.07) is 6.53. The number of aryl methyl sites for hydroxylation is 1. The Bertz CT molecular complexity index is 569. The molecule has 5 heteroatoms. The van der Waals surface area contributed by atoms with E-state index < -0.39 is 4.92 Å². The average Bonchev–Trinajstić information content (AvgIpc) is 2.26. The fourth-order valence-corrected chi connectivity index (χ4v) is 1.88. The van der Waals surface area contributed by atoms with Crippen LogP contribution in [0.25, 0.3) is 10.9 Å². The number of nitro groups is 1. The molecule has 2 rings (SSSR count). The normalized spacial score (nSPS) is 10.6. The maximum atomic E-state index is 10.8. The van der Waals surface area contributed by atoms with Crippen LogP contribution in [0.5, 0.6) is 0 Å². The minimum atomic E-state index is -0.405. The van der Waals surface area contributed by atoms with E-state index in [1.807, 2.05) is 6.92 Å². The highest BCUT2D eigenvalue weighted by Gasteiger charge is 2.13. The number of nitro benzene ring substituents is 1. The van der Waals surface area contributed by atoms with E-state index in [1.54, 1.807) is 18.2 Å². The molecule has 2 aromatic rings. The van der Waals surface area contributed by atoms with E-state index in [2.05, 4.69) is 4.98 Å². The van der Waals surface area contributed by atoms with Crippen molar-refractivity contribution in [2.24, 2.45) is 0 Å². The van der Waals surface area contributed by atoms with Crippen LogP contribution >= 0.6 is 11.6 Å². The highest BCUT2D eigenvalue weighted by Crippen LogP contribution is 2.28.